The summed E-state index contributed by atoms with van der Waals surface area (Å²) in [6.07, 6.45) is 2.02. The Labute approximate surface area is 163 Å². The molecule has 0 aliphatic carbocycles. The smallest absolute Gasteiger partial charge is 0.239 e. The van der Waals surface area contributed by atoms with Gasteiger partial charge in [0.15, 0.2) is 0 Å². The molecule has 0 spiro atoms. The minimum atomic E-state index is -0.316. The number of para-hydroxylation sites is 2. The van der Waals surface area contributed by atoms with Crippen molar-refractivity contribution in [3.8, 4) is 0 Å². The number of hydrogen-bond donors (Lipinski definition) is 1. The maximum Gasteiger partial charge on any atom is 0.239 e. The van der Waals surface area contributed by atoms with Gasteiger partial charge in [-0.2, -0.15) is 0 Å². The molecule has 7 heteroatoms. The minimum Gasteiger partial charge on any atom is -0.350 e. The number of carbonyl (C=O) groups excluding carboxylic acids is 2. The molecule has 0 atom stereocenters. The van der Waals surface area contributed by atoms with E-state index < -0.39 is 0 Å². The Hall–Kier alpha value is -3.22. The normalized spacial score (nSPS) is 10.8. The van der Waals surface area contributed by atoms with E-state index in [9.17, 15) is 14.0 Å². The molecule has 0 fully saturated rings. The fourth-order valence-corrected chi connectivity index (χ4v) is 2.97. The Kier molecular flexibility index (Phi) is 6.37. The molecule has 0 bridgehead atoms. The van der Waals surface area contributed by atoms with E-state index in [1.807, 2.05) is 35.8 Å². The van der Waals surface area contributed by atoms with Crippen molar-refractivity contribution in [1.29, 1.82) is 0 Å². The average Bonchev–Trinajstić information content (AvgIpc) is 3.13. The molecule has 2 aromatic carbocycles. The molecule has 0 aliphatic rings. The largest absolute Gasteiger partial charge is 0.350 e. The first-order valence-corrected chi connectivity index (χ1v) is 9.25. The Morgan fingerprint density at radius 2 is 1.89 bits per heavy atom. The van der Waals surface area contributed by atoms with Crippen LogP contribution in [-0.4, -0.2) is 39.4 Å². The Morgan fingerprint density at radius 1 is 1.14 bits per heavy atom. The van der Waals surface area contributed by atoms with Gasteiger partial charge in [0.2, 0.25) is 11.8 Å². The number of carbonyl (C=O) groups is 2. The molecule has 3 aromatic rings. The van der Waals surface area contributed by atoms with Crippen LogP contribution in [0.4, 0.5) is 4.39 Å². The van der Waals surface area contributed by atoms with Crippen LogP contribution in [0.5, 0.6) is 0 Å². The summed E-state index contributed by atoms with van der Waals surface area (Å²) in [4.78, 5) is 30.5. The van der Waals surface area contributed by atoms with Gasteiger partial charge in [0, 0.05) is 26.1 Å². The SMILES string of the molecule is CCN(CC(=O)NCc1ccc(F)cc1)C(=O)CCn1cnc2ccccc21. The van der Waals surface area contributed by atoms with Crippen LogP contribution < -0.4 is 5.32 Å². The Morgan fingerprint density at radius 3 is 2.64 bits per heavy atom. The van der Waals surface area contributed by atoms with Crippen molar-refractivity contribution >= 4 is 22.8 Å². The summed E-state index contributed by atoms with van der Waals surface area (Å²) in [5.41, 5.74) is 2.67. The third-order valence-electron chi connectivity index (χ3n) is 4.57. The highest BCUT2D eigenvalue weighted by molar-refractivity contribution is 5.85. The fraction of sp³-hybridized carbons (Fsp3) is 0.286. The second-order valence-corrected chi connectivity index (χ2v) is 6.49. The summed E-state index contributed by atoms with van der Waals surface area (Å²) >= 11 is 0. The number of nitrogens with one attached hydrogen (secondary N) is 1. The van der Waals surface area contributed by atoms with E-state index >= 15 is 0 Å². The molecule has 0 saturated carbocycles. The zero-order chi connectivity index (χ0) is 19.9. The highest BCUT2D eigenvalue weighted by Crippen LogP contribution is 2.12. The molecular formula is C21H23FN4O2. The van der Waals surface area contributed by atoms with E-state index in [1.54, 1.807) is 18.5 Å². The number of fused-ring (bicyclic) bond motifs is 1. The number of hydrogen-bond acceptors (Lipinski definition) is 3. The molecule has 0 unspecified atom stereocenters. The number of aromatic nitrogens is 2. The molecule has 2 amide bonds. The lowest BCUT2D eigenvalue weighted by Crippen LogP contribution is -2.40. The van der Waals surface area contributed by atoms with Crippen LogP contribution in [0.3, 0.4) is 0 Å². The Bertz CT molecular complexity index is 952. The molecule has 146 valence electrons. The van der Waals surface area contributed by atoms with Crippen LogP contribution >= 0.6 is 0 Å². The van der Waals surface area contributed by atoms with E-state index in [0.29, 0.717) is 26.1 Å². The number of aryl methyl sites for hydroxylation is 1. The monoisotopic (exact) mass is 382 g/mol. The van der Waals surface area contributed by atoms with Crippen molar-refractivity contribution in [1.82, 2.24) is 19.8 Å². The van der Waals surface area contributed by atoms with Gasteiger partial charge in [-0.3, -0.25) is 9.59 Å². The lowest BCUT2D eigenvalue weighted by molar-refractivity contribution is -0.136. The highest BCUT2D eigenvalue weighted by Gasteiger charge is 2.16. The van der Waals surface area contributed by atoms with E-state index in [4.69, 9.17) is 0 Å². The third-order valence-corrected chi connectivity index (χ3v) is 4.57. The van der Waals surface area contributed by atoms with Gasteiger partial charge in [0.25, 0.3) is 0 Å². The molecule has 3 rings (SSSR count). The van der Waals surface area contributed by atoms with Crippen LogP contribution in [0, 0.1) is 5.82 Å². The van der Waals surface area contributed by atoms with Gasteiger partial charge in [0.1, 0.15) is 5.82 Å². The minimum absolute atomic E-state index is 0.00119. The van der Waals surface area contributed by atoms with Gasteiger partial charge in [-0.05, 0) is 36.8 Å². The quantitative estimate of drug-likeness (QED) is 0.651. The lowest BCUT2D eigenvalue weighted by atomic mass is 10.2. The van der Waals surface area contributed by atoms with E-state index in [-0.39, 0.29) is 24.2 Å². The number of imidazole rings is 1. The second-order valence-electron chi connectivity index (χ2n) is 6.49. The first-order chi connectivity index (χ1) is 13.6. The Balaban J connectivity index is 1.50. The number of likely N-dealkylation sites (N-methyl/N-ethyl adjacent to an activating group) is 1. The van der Waals surface area contributed by atoms with Gasteiger partial charge in [0.05, 0.1) is 23.9 Å². The summed E-state index contributed by atoms with van der Waals surface area (Å²) in [6, 6.07) is 13.7. The van der Waals surface area contributed by atoms with Gasteiger partial charge in [-0.1, -0.05) is 24.3 Å². The van der Waals surface area contributed by atoms with Crippen LogP contribution in [0.2, 0.25) is 0 Å². The van der Waals surface area contributed by atoms with Gasteiger partial charge in [-0.15, -0.1) is 0 Å². The van der Waals surface area contributed by atoms with Crippen molar-refractivity contribution in [3.63, 3.8) is 0 Å². The van der Waals surface area contributed by atoms with E-state index in [2.05, 4.69) is 10.3 Å². The summed E-state index contributed by atoms with van der Waals surface area (Å²) < 4.78 is 14.9. The summed E-state index contributed by atoms with van der Waals surface area (Å²) in [5.74, 6) is -0.645. The van der Waals surface area contributed by atoms with Gasteiger partial charge in [-0.25, -0.2) is 9.37 Å². The standard InChI is InChI=1S/C21H23FN4O2/c1-2-25(14-20(27)23-13-16-7-9-17(22)10-8-16)21(28)11-12-26-15-24-18-5-3-4-6-19(18)26/h3-10,15H,2,11-14H2,1H3,(H,23,27). The molecule has 1 N–H and O–H groups in total. The summed E-state index contributed by atoms with van der Waals surface area (Å²) in [5, 5.41) is 2.76. The molecular weight excluding hydrogens is 359 g/mol. The van der Waals surface area contributed by atoms with Crippen molar-refractivity contribution in [2.45, 2.75) is 26.4 Å². The van der Waals surface area contributed by atoms with Crippen molar-refractivity contribution < 1.29 is 14.0 Å². The molecule has 0 saturated heterocycles. The third kappa shape index (κ3) is 4.94. The maximum atomic E-state index is 12.9. The first-order valence-electron chi connectivity index (χ1n) is 9.25. The predicted molar refractivity (Wildman–Crippen MR) is 105 cm³/mol. The van der Waals surface area contributed by atoms with E-state index in [1.165, 1.54) is 17.0 Å². The zero-order valence-corrected chi connectivity index (χ0v) is 15.8. The van der Waals surface area contributed by atoms with E-state index in [0.717, 1.165) is 16.6 Å². The molecule has 6 nitrogen and oxygen atoms in total. The number of amides is 2. The first kappa shape index (κ1) is 19.5. The van der Waals surface area contributed by atoms with Crippen LogP contribution in [0.15, 0.2) is 54.9 Å². The highest BCUT2D eigenvalue weighted by atomic mass is 19.1. The van der Waals surface area contributed by atoms with Crippen LogP contribution in [-0.2, 0) is 22.7 Å². The predicted octanol–water partition coefficient (Wildman–Crippen LogP) is 2.73. The molecule has 1 heterocycles. The topological polar surface area (TPSA) is 67.2 Å². The number of nitrogens with zero attached hydrogens (tertiary/aromatic N) is 3. The molecule has 0 radical (unpaired) electrons. The van der Waals surface area contributed by atoms with Gasteiger partial charge >= 0.3 is 0 Å². The summed E-state index contributed by atoms with van der Waals surface area (Å²) in [7, 11) is 0. The lowest BCUT2D eigenvalue weighted by Gasteiger charge is -2.20. The fourth-order valence-electron chi connectivity index (χ4n) is 2.97. The number of rotatable bonds is 8. The summed E-state index contributed by atoms with van der Waals surface area (Å²) in [6.45, 7) is 3.10. The average molecular weight is 382 g/mol. The van der Waals surface area contributed by atoms with Crippen molar-refractivity contribution in [2.24, 2.45) is 0 Å². The zero-order valence-electron chi connectivity index (χ0n) is 15.8. The van der Waals surface area contributed by atoms with Crippen LogP contribution in [0.25, 0.3) is 11.0 Å². The maximum absolute atomic E-state index is 12.9. The second kappa shape index (κ2) is 9.12. The number of halogens is 1. The van der Waals surface area contributed by atoms with Gasteiger partial charge < -0.3 is 14.8 Å². The molecule has 1 aromatic heterocycles. The van der Waals surface area contributed by atoms with Crippen LogP contribution in [0.1, 0.15) is 18.9 Å². The van der Waals surface area contributed by atoms with Crippen molar-refractivity contribution in [3.05, 3.63) is 66.2 Å². The number of benzene rings is 2. The molecule has 0 aliphatic heterocycles. The van der Waals surface area contributed by atoms with Crippen molar-refractivity contribution in [2.75, 3.05) is 13.1 Å². The molecule has 28 heavy (non-hydrogen) atoms.